The Hall–Kier alpha value is -2.53. The van der Waals surface area contributed by atoms with Crippen LogP contribution in [0.2, 0.25) is 0 Å². The summed E-state index contributed by atoms with van der Waals surface area (Å²) in [6.45, 7) is 1.21. The maximum atomic E-state index is 13.9. The first-order valence-corrected chi connectivity index (χ1v) is 9.54. The summed E-state index contributed by atoms with van der Waals surface area (Å²) in [4.78, 5) is 26.8. The van der Waals surface area contributed by atoms with Crippen molar-refractivity contribution in [1.29, 1.82) is 0 Å². The van der Waals surface area contributed by atoms with Crippen LogP contribution in [0.15, 0.2) is 48.5 Å². The Morgan fingerprint density at radius 2 is 1.78 bits per heavy atom. The van der Waals surface area contributed by atoms with E-state index in [0.29, 0.717) is 23.4 Å². The van der Waals surface area contributed by atoms with Gasteiger partial charge in [-0.05, 0) is 62.6 Å². The highest BCUT2D eigenvalue weighted by Crippen LogP contribution is 2.32. The molecule has 4 nitrogen and oxygen atoms in total. The Morgan fingerprint density at radius 3 is 2.48 bits per heavy atom. The largest absolute Gasteiger partial charge is 0.325 e. The lowest BCUT2D eigenvalue weighted by Gasteiger charge is -2.24. The van der Waals surface area contributed by atoms with E-state index in [1.807, 2.05) is 11.0 Å². The standard InChI is InChI=1S/C22H23FN2O2/c23-19-5-2-1-4-17(19)14-25-13-3-6-20(25)22(27)24-18-11-9-16(10-12-18)21(26)15-7-8-15/h1-2,4-5,9-12,15,20H,3,6-8,13-14H2,(H,24,27). The fraction of sp³-hybridized carbons (Fsp3) is 0.364. The Kier molecular flexibility index (Phi) is 5.03. The summed E-state index contributed by atoms with van der Waals surface area (Å²) in [5, 5.41) is 2.94. The lowest BCUT2D eigenvalue weighted by atomic mass is 10.1. The molecule has 1 saturated carbocycles. The molecule has 0 spiro atoms. The number of Topliss-reactive ketones (excluding diaryl/α,β-unsaturated/α-hetero) is 1. The number of likely N-dealkylation sites (tertiary alicyclic amines) is 1. The summed E-state index contributed by atoms with van der Waals surface area (Å²) in [5.74, 6) is 0.0696. The molecule has 2 aromatic rings. The number of rotatable bonds is 6. The fourth-order valence-corrected chi connectivity index (χ4v) is 3.68. The minimum absolute atomic E-state index is 0.0786. The van der Waals surface area contributed by atoms with Crippen LogP contribution in [0.5, 0.6) is 0 Å². The second-order valence-electron chi connectivity index (χ2n) is 7.43. The van der Waals surface area contributed by atoms with Crippen LogP contribution in [0.3, 0.4) is 0 Å². The third kappa shape index (κ3) is 4.08. The van der Waals surface area contributed by atoms with Crippen LogP contribution >= 0.6 is 0 Å². The van der Waals surface area contributed by atoms with E-state index in [4.69, 9.17) is 0 Å². The zero-order valence-corrected chi connectivity index (χ0v) is 15.2. The van der Waals surface area contributed by atoms with E-state index in [-0.39, 0.29) is 29.5 Å². The molecule has 1 aliphatic carbocycles. The molecule has 4 rings (SSSR count). The number of ketones is 1. The molecule has 1 amide bonds. The van der Waals surface area contributed by atoms with Crippen molar-refractivity contribution in [2.24, 2.45) is 5.92 Å². The smallest absolute Gasteiger partial charge is 0.241 e. The molecular weight excluding hydrogens is 343 g/mol. The molecular formula is C22H23FN2O2. The van der Waals surface area contributed by atoms with Crippen molar-refractivity contribution in [1.82, 2.24) is 4.90 Å². The number of benzene rings is 2. The second kappa shape index (κ2) is 7.61. The van der Waals surface area contributed by atoms with Crippen molar-refractivity contribution in [3.63, 3.8) is 0 Å². The Labute approximate surface area is 158 Å². The average molecular weight is 366 g/mol. The zero-order valence-electron chi connectivity index (χ0n) is 15.2. The number of amides is 1. The van der Waals surface area contributed by atoms with E-state index in [1.54, 1.807) is 36.4 Å². The minimum Gasteiger partial charge on any atom is -0.325 e. The van der Waals surface area contributed by atoms with Gasteiger partial charge >= 0.3 is 0 Å². The van der Waals surface area contributed by atoms with E-state index in [9.17, 15) is 14.0 Å². The molecule has 0 radical (unpaired) electrons. The number of hydrogen-bond donors (Lipinski definition) is 1. The zero-order chi connectivity index (χ0) is 18.8. The highest BCUT2D eigenvalue weighted by molar-refractivity contribution is 6.00. The molecule has 1 heterocycles. The van der Waals surface area contributed by atoms with Gasteiger partial charge in [0.2, 0.25) is 5.91 Å². The summed E-state index contributed by atoms with van der Waals surface area (Å²) in [6, 6.07) is 13.6. The van der Waals surface area contributed by atoms with Gasteiger partial charge in [-0.25, -0.2) is 4.39 Å². The number of nitrogens with zero attached hydrogens (tertiary/aromatic N) is 1. The number of hydrogen-bond acceptors (Lipinski definition) is 3. The predicted octanol–water partition coefficient (Wildman–Crippen LogP) is 4.02. The van der Waals surface area contributed by atoms with Gasteiger partial charge in [-0.2, -0.15) is 0 Å². The van der Waals surface area contributed by atoms with Gasteiger partial charge in [0, 0.05) is 29.3 Å². The molecule has 1 atom stereocenters. The van der Waals surface area contributed by atoms with Gasteiger partial charge in [0.05, 0.1) is 6.04 Å². The molecule has 5 heteroatoms. The topological polar surface area (TPSA) is 49.4 Å². The van der Waals surface area contributed by atoms with E-state index >= 15 is 0 Å². The maximum Gasteiger partial charge on any atom is 0.241 e. The van der Waals surface area contributed by atoms with Crippen LogP contribution in [-0.2, 0) is 11.3 Å². The van der Waals surface area contributed by atoms with E-state index in [2.05, 4.69) is 5.32 Å². The van der Waals surface area contributed by atoms with Crippen LogP contribution in [0.4, 0.5) is 10.1 Å². The molecule has 2 fully saturated rings. The first-order valence-electron chi connectivity index (χ1n) is 9.54. The Bertz CT molecular complexity index is 846. The lowest BCUT2D eigenvalue weighted by Crippen LogP contribution is -2.39. The molecule has 2 aromatic carbocycles. The van der Waals surface area contributed by atoms with Gasteiger partial charge in [-0.1, -0.05) is 18.2 Å². The molecule has 0 bridgehead atoms. The van der Waals surface area contributed by atoms with Crippen molar-refractivity contribution in [2.45, 2.75) is 38.3 Å². The Balaban J connectivity index is 1.39. The molecule has 1 saturated heterocycles. The van der Waals surface area contributed by atoms with Crippen LogP contribution in [0.1, 0.15) is 41.6 Å². The molecule has 27 heavy (non-hydrogen) atoms. The van der Waals surface area contributed by atoms with Crippen molar-refractivity contribution in [2.75, 3.05) is 11.9 Å². The summed E-state index contributed by atoms with van der Waals surface area (Å²) in [6.07, 6.45) is 3.65. The fourth-order valence-electron chi connectivity index (χ4n) is 3.68. The van der Waals surface area contributed by atoms with Crippen LogP contribution in [0.25, 0.3) is 0 Å². The summed E-state index contributed by atoms with van der Waals surface area (Å²) in [5.41, 5.74) is 2.00. The van der Waals surface area contributed by atoms with Crippen molar-refractivity contribution in [3.05, 3.63) is 65.5 Å². The summed E-state index contributed by atoms with van der Waals surface area (Å²) in [7, 11) is 0. The third-order valence-electron chi connectivity index (χ3n) is 5.38. The highest BCUT2D eigenvalue weighted by Gasteiger charge is 2.32. The van der Waals surface area contributed by atoms with Crippen LogP contribution < -0.4 is 5.32 Å². The van der Waals surface area contributed by atoms with Gasteiger partial charge in [-0.3, -0.25) is 14.5 Å². The van der Waals surface area contributed by atoms with Gasteiger partial charge in [0.15, 0.2) is 5.78 Å². The molecule has 1 aliphatic heterocycles. The summed E-state index contributed by atoms with van der Waals surface area (Å²) >= 11 is 0. The van der Waals surface area contributed by atoms with Crippen LogP contribution in [0, 0.1) is 11.7 Å². The van der Waals surface area contributed by atoms with E-state index < -0.39 is 0 Å². The van der Waals surface area contributed by atoms with Crippen LogP contribution in [-0.4, -0.2) is 29.2 Å². The molecule has 140 valence electrons. The molecule has 1 N–H and O–H groups in total. The first-order chi connectivity index (χ1) is 13.1. The predicted molar refractivity (Wildman–Crippen MR) is 102 cm³/mol. The number of halogens is 1. The molecule has 2 aliphatic rings. The van der Waals surface area contributed by atoms with Crippen molar-refractivity contribution < 1.29 is 14.0 Å². The number of carbonyl (C=O) groups is 2. The van der Waals surface area contributed by atoms with Gasteiger partial charge < -0.3 is 5.32 Å². The van der Waals surface area contributed by atoms with Gasteiger partial charge in [0.25, 0.3) is 0 Å². The summed E-state index contributed by atoms with van der Waals surface area (Å²) < 4.78 is 13.9. The SMILES string of the molecule is O=C(c1ccc(NC(=O)C2CCCN2Cc2ccccc2F)cc1)C1CC1. The van der Waals surface area contributed by atoms with Crippen molar-refractivity contribution in [3.8, 4) is 0 Å². The number of nitrogens with one attached hydrogen (secondary N) is 1. The van der Waals surface area contributed by atoms with E-state index in [1.165, 1.54) is 6.07 Å². The monoisotopic (exact) mass is 366 g/mol. The first kappa shape index (κ1) is 17.9. The second-order valence-corrected chi connectivity index (χ2v) is 7.43. The van der Waals surface area contributed by atoms with Gasteiger partial charge in [0.1, 0.15) is 5.82 Å². The number of anilines is 1. The van der Waals surface area contributed by atoms with Gasteiger partial charge in [-0.15, -0.1) is 0 Å². The van der Waals surface area contributed by atoms with E-state index in [0.717, 1.165) is 32.2 Å². The highest BCUT2D eigenvalue weighted by atomic mass is 19.1. The third-order valence-corrected chi connectivity index (χ3v) is 5.38. The normalized spacial score (nSPS) is 19.8. The minimum atomic E-state index is -0.266. The number of carbonyl (C=O) groups excluding carboxylic acids is 2. The maximum absolute atomic E-state index is 13.9. The molecule has 1 unspecified atom stereocenters. The average Bonchev–Trinajstić information content (AvgIpc) is 3.42. The lowest BCUT2D eigenvalue weighted by molar-refractivity contribution is -0.120. The van der Waals surface area contributed by atoms with Crippen molar-refractivity contribution >= 4 is 17.4 Å². The Morgan fingerprint density at radius 1 is 1.04 bits per heavy atom. The quantitative estimate of drug-likeness (QED) is 0.786. The molecule has 0 aromatic heterocycles.